The zero-order chi connectivity index (χ0) is 47.7. The van der Waals surface area contributed by atoms with Crippen molar-refractivity contribution in [2.45, 2.75) is 69.2 Å². The monoisotopic (exact) mass is 949 g/mol. The van der Waals surface area contributed by atoms with E-state index in [1.165, 1.54) is 45.0 Å². The fourth-order valence-electron chi connectivity index (χ4n) is 7.26. The van der Waals surface area contributed by atoms with Crippen molar-refractivity contribution >= 4 is 48.2 Å². The Kier molecular flexibility index (Phi) is 12.2. The number of amides is 1. The summed E-state index contributed by atoms with van der Waals surface area (Å²) in [5.41, 5.74) is 0.0816. The topological polar surface area (TPSA) is 178 Å². The molecule has 0 aliphatic heterocycles. The van der Waals surface area contributed by atoms with Crippen molar-refractivity contribution in [1.29, 1.82) is 0 Å². The van der Waals surface area contributed by atoms with Gasteiger partial charge in [-0.2, -0.15) is 40.2 Å². The first kappa shape index (κ1) is 47.8. The minimum absolute atomic E-state index is 0.113. The molecule has 4 N–H and O–H groups in total. The maximum Gasteiger partial charge on any atom is 0.431 e. The van der Waals surface area contributed by atoms with Crippen LogP contribution >= 0.6 is 0 Å². The normalized spacial score (nSPS) is 19.5. The molecule has 2 fully saturated rings. The predicted molar refractivity (Wildman–Crippen MR) is 215 cm³/mol. The van der Waals surface area contributed by atoms with Gasteiger partial charge in [-0.15, -0.1) is 0 Å². The number of nitrogens with two attached hydrogens (primary N) is 1. The molecule has 344 valence electrons. The highest BCUT2D eigenvalue weighted by Crippen LogP contribution is 2.62. The molecule has 6 rings (SSSR count). The highest BCUT2D eigenvalue weighted by atomic mass is 32.2. The summed E-state index contributed by atoms with van der Waals surface area (Å²) in [6.45, 7) is 0.993. The van der Waals surface area contributed by atoms with Crippen LogP contribution in [0.1, 0.15) is 48.8 Å². The lowest BCUT2D eigenvalue weighted by molar-refractivity contribution is -0.141. The highest BCUT2D eigenvalue weighted by Gasteiger charge is 2.68. The van der Waals surface area contributed by atoms with Crippen molar-refractivity contribution in [3.8, 4) is 23.0 Å². The smallest absolute Gasteiger partial charge is 0.394 e. The molecule has 2 heterocycles. The quantitative estimate of drug-likeness (QED) is 0.110. The number of alkyl halides is 8. The zero-order valence-corrected chi connectivity index (χ0v) is 35.7. The van der Waals surface area contributed by atoms with E-state index in [-0.39, 0.29) is 51.0 Å². The number of carbonyl (C=O) groups is 1. The van der Waals surface area contributed by atoms with Gasteiger partial charge in [-0.05, 0) is 80.8 Å². The minimum Gasteiger partial charge on any atom is -0.394 e. The van der Waals surface area contributed by atoms with Gasteiger partial charge in [0.2, 0.25) is 15.9 Å². The van der Waals surface area contributed by atoms with Crippen LogP contribution in [0.15, 0.2) is 58.7 Å². The van der Waals surface area contributed by atoms with Crippen LogP contribution in [0.2, 0.25) is 0 Å². The van der Waals surface area contributed by atoms with Crippen LogP contribution < -0.4 is 15.8 Å². The number of fused-ring (bicyclic) bond motifs is 2. The number of aryl methyl sites for hydroxylation is 1. The number of aromatic nitrogens is 3. The third kappa shape index (κ3) is 10.1. The summed E-state index contributed by atoms with van der Waals surface area (Å²) in [4.78, 5) is 21.9. The van der Waals surface area contributed by atoms with E-state index in [2.05, 4.69) is 37.0 Å². The van der Waals surface area contributed by atoms with E-state index in [1.807, 2.05) is 0 Å². The number of sulfone groups is 1. The Morgan fingerprint density at radius 1 is 1.00 bits per heavy atom. The Hall–Kier alpha value is -5.70. The van der Waals surface area contributed by atoms with E-state index in [9.17, 15) is 56.8 Å². The average molecular weight is 950 g/mol. The Morgan fingerprint density at radius 2 is 1.62 bits per heavy atom. The van der Waals surface area contributed by atoms with Crippen LogP contribution in [0.3, 0.4) is 0 Å². The molecule has 2 saturated carbocycles. The summed E-state index contributed by atoms with van der Waals surface area (Å²) in [5.74, 6) is -5.51. The van der Waals surface area contributed by atoms with Crippen molar-refractivity contribution in [2.24, 2.45) is 22.6 Å². The van der Waals surface area contributed by atoms with Crippen LogP contribution in [-0.4, -0.2) is 85.3 Å². The fourth-order valence-corrected chi connectivity index (χ4v) is 7.99. The van der Waals surface area contributed by atoms with Crippen molar-refractivity contribution in [3.63, 3.8) is 0 Å². The van der Waals surface area contributed by atoms with Gasteiger partial charge in [-0.1, -0.05) is 18.1 Å². The number of pyridine rings is 1. The maximum absolute atomic E-state index is 15.3. The summed E-state index contributed by atoms with van der Waals surface area (Å²) < 4.78 is 194. The molecule has 2 aromatic carbocycles. The van der Waals surface area contributed by atoms with Crippen molar-refractivity contribution in [1.82, 2.24) is 20.1 Å². The molecule has 24 heteroatoms. The molecule has 1 amide bonds. The molecule has 4 aromatic rings. The Balaban J connectivity index is 1.59. The number of carbonyl (C=O) groups excluding carboxylic acids is 1. The lowest BCUT2D eigenvalue weighted by Crippen LogP contribution is -2.35. The van der Waals surface area contributed by atoms with Gasteiger partial charge in [0.1, 0.15) is 46.6 Å². The van der Waals surface area contributed by atoms with Gasteiger partial charge in [0.25, 0.3) is 5.92 Å². The van der Waals surface area contributed by atoms with Gasteiger partial charge in [-0.25, -0.2) is 30.6 Å². The lowest BCUT2D eigenvalue weighted by Gasteiger charge is -2.23. The maximum atomic E-state index is 15.3. The van der Waals surface area contributed by atoms with Gasteiger partial charge < -0.3 is 11.1 Å². The summed E-state index contributed by atoms with van der Waals surface area (Å²) in [7, 11) is -7.98. The Morgan fingerprint density at radius 3 is 2.20 bits per heavy atom. The molecule has 0 bridgehead atoms. The number of hydrogen-bond donors (Lipinski definition) is 3. The number of aliphatic imine (C=N–C) groups is 1. The number of anilines is 1. The Bertz CT molecular complexity index is 2910. The number of nitrogens with zero attached hydrogens (tertiary/aromatic N) is 4. The average Bonchev–Trinajstić information content (AvgIpc) is 3.81. The first-order chi connectivity index (χ1) is 29.3. The molecule has 0 saturated heterocycles. The molecule has 0 spiro atoms. The Labute approximate surface area is 359 Å². The zero-order valence-electron chi connectivity index (χ0n) is 34.1. The van der Waals surface area contributed by atoms with Crippen molar-refractivity contribution < 1.29 is 65.5 Å². The van der Waals surface area contributed by atoms with Crippen molar-refractivity contribution in [3.05, 3.63) is 87.9 Å². The van der Waals surface area contributed by atoms with Crippen LogP contribution in [-0.2, 0) is 37.6 Å². The number of allylic oxidation sites excluding steroid dienone is 2. The van der Waals surface area contributed by atoms with E-state index in [0.717, 1.165) is 24.6 Å². The molecule has 2 aliphatic carbocycles. The number of rotatable bonds is 11. The largest absolute Gasteiger partial charge is 0.431 e. The third-order valence-corrected chi connectivity index (χ3v) is 13.1. The van der Waals surface area contributed by atoms with Gasteiger partial charge in [-0.3, -0.25) is 19.2 Å². The molecular weight excluding hydrogens is 913 g/mol. The number of halogens is 10. The first-order valence-corrected chi connectivity index (χ1v) is 22.6. The first-order valence-electron chi connectivity index (χ1n) is 18.8. The van der Waals surface area contributed by atoms with E-state index in [4.69, 9.17) is 5.73 Å². The second kappa shape index (κ2) is 16.4. The second-order valence-corrected chi connectivity index (χ2v) is 20.3. The van der Waals surface area contributed by atoms with Gasteiger partial charge in [0.05, 0.1) is 23.5 Å². The third-order valence-electron chi connectivity index (χ3n) is 10.5. The molecule has 3 unspecified atom stereocenters. The number of nitrogens with one attached hydrogen (secondary N) is 2. The summed E-state index contributed by atoms with van der Waals surface area (Å²) in [6, 6.07) is 5.78. The number of benzene rings is 2. The van der Waals surface area contributed by atoms with Crippen LogP contribution in [0.5, 0.6) is 0 Å². The summed E-state index contributed by atoms with van der Waals surface area (Å²) in [6.07, 6.45) is -9.43. The van der Waals surface area contributed by atoms with Crippen LogP contribution in [0.4, 0.5) is 49.7 Å². The minimum atomic E-state index is -5.22. The molecule has 0 radical (unpaired) electrons. The molecule has 64 heavy (non-hydrogen) atoms. The number of hydrogen-bond acceptors (Lipinski definition) is 9. The SMILES string of the molecule is Cc1ccc(-c2ccc(C#CC(C)(C)S(C)(=O)=O)nc2C(Cc2cc(F)cc(F)c2)NC(=O)CN=C2/C(=C(\N)C(F)(F)F)C3CC3C2(F)F)c2c1c(NS(C)(=O)=O)nn2CC(F)(F)F. The fraction of sp³-hybridized carbons (Fsp3) is 0.400. The van der Waals surface area contributed by atoms with Crippen molar-refractivity contribution in [2.75, 3.05) is 23.8 Å². The van der Waals surface area contributed by atoms with E-state index >= 15 is 8.78 Å². The second-order valence-electron chi connectivity index (χ2n) is 16.0. The highest BCUT2D eigenvalue weighted by molar-refractivity contribution is 7.92. The van der Waals surface area contributed by atoms with Crippen LogP contribution in [0, 0.1) is 42.2 Å². The van der Waals surface area contributed by atoms with E-state index in [0.29, 0.717) is 10.7 Å². The summed E-state index contributed by atoms with van der Waals surface area (Å²) >= 11 is 0. The molecular formula is C40H37F10N7O5S2. The van der Waals surface area contributed by atoms with E-state index < -0.39 is 121 Å². The van der Waals surface area contributed by atoms with E-state index in [1.54, 1.807) is 0 Å². The van der Waals surface area contributed by atoms with Gasteiger partial charge in [0.15, 0.2) is 15.7 Å². The van der Waals surface area contributed by atoms with Gasteiger partial charge >= 0.3 is 12.4 Å². The lowest BCUT2D eigenvalue weighted by atomic mass is 9.93. The molecule has 3 atom stereocenters. The van der Waals surface area contributed by atoms with Crippen LogP contribution in [0.25, 0.3) is 22.0 Å². The van der Waals surface area contributed by atoms with Gasteiger partial charge in [0, 0.05) is 40.3 Å². The standard InChI is InChI=1S/C40H37F10N7O5S2/c1-19-6-8-25(33-30(19)36(56-64(5,61)62)55-57(33)18-38(43,44)45)24-9-7-23(10-11-37(2,3)63(4,59)60)53-32(24)28(14-20-12-21(41)15-22(42)13-20)54-29(58)17-52-35-31(34(51)40(48,49)50)26-16-27(26)39(35,46)47/h6-9,12-13,15,26-28H,14,16-18,51H2,1-5H3,(H,54,58)(H,55,56)/b34-31-,52-35?. The predicted octanol–water partition coefficient (Wildman–Crippen LogP) is 6.69. The summed E-state index contributed by atoms with van der Waals surface area (Å²) in [5, 5.41) is 6.26. The number of sulfonamides is 1. The molecule has 2 aromatic heterocycles. The molecule has 2 aliphatic rings. The molecule has 12 nitrogen and oxygen atoms in total.